The highest BCUT2D eigenvalue weighted by Crippen LogP contribution is 2.16. The van der Waals surface area contributed by atoms with E-state index in [-0.39, 0.29) is 5.91 Å². The summed E-state index contributed by atoms with van der Waals surface area (Å²) in [5.74, 6) is 1.46. The number of ether oxygens (including phenoxy) is 1. The van der Waals surface area contributed by atoms with E-state index in [0.29, 0.717) is 11.7 Å². The van der Waals surface area contributed by atoms with Crippen LogP contribution in [0, 0.1) is 5.92 Å². The number of carbonyl (C=O) groups excluding carboxylic acids is 1. The molecule has 0 unspecified atom stereocenters. The largest absolute Gasteiger partial charge is 0.383 e. The van der Waals surface area contributed by atoms with Gasteiger partial charge in [0.1, 0.15) is 0 Å². The van der Waals surface area contributed by atoms with Crippen LogP contribution in [0.15, 0.2) is 0 Å². The Balaban J connectivity index is 2.22. The molecule has 0 N–H and O–H groups in total. The zero-order valence-corrected chi connectivity index (χ0v) is 12.0. The Labute approximate surface area is 109 Å². The molecule has 4 nitrogen and oxygen atoms in total. The van der Waals surface area contributed by atoms with Gasteiger partial charge in [-0.1, -0.05) is 0 Å². The molecule has 0 bridgehead atoms. The molecule has 0 spiro atoms. The van der Waals surface area contributed by atoms with Gasteiger partial charge in [0.05, 0.1) is 12.4 Å². The fourth-order valence-corrected chi connectivity index (χ4v) is 2.68. The van der Waals surface area contributed by atoms with Crippen molar-refractivity contribution in [2.24, 2.45) is 5.92 Å². The summed E-state index contributed by atoms with van der Waals surface area (Å²) in [4.78, 5) is 15.9. The lowest BCUT2D eigenvalue weighted by molar-refractivity contribution is -0.127. The van der Waals surface area contributed by atoms with Crippen molar-refractivity contribution < 1.29 is 9.53 Å². The monoisotopic (exact) mass is 260 g/mol. The molecule has 0 aromatic rings. The fourth-order valence-electron chi connectivity index (χ4n) is 2.21. The van der Waals surface area contributed by atoms with E-state index in [0.717, 1.165) is 32.8 Å². The molecule has 1 heterocycles. The first kappa shape index (κ1) is 14.8. The van der Waals surface area contributed by atoms with E-state index in [1.807, 2.05) is 18.2 Å². The van der Waals surface area contributed by atoms with E-state index in [4.69, 9.17) is 4.74 Å². The summed E-state index contributed by atoms with van der Waals surface area (Å²) in [7, 11) is 3.65. The molecule has 0 aromatic heterocycles. The first-order valence-corrected chi connectivity index (χ1v) is 7.51. The number of thioether (sulfide) groups is 1. The lowest BCUT2D eigenvalue weighted by Gasteiger charge is -2.21. The molecule has 1 rings (SSSR count). The molecule has 1 aliphatic rings. The first-order chi connectivity index (χ1) is 8.17. The van der Waals surface area contributed by atoms with Crippen molar-refractivity contribution in [3.63, 3.8) is 0 Å². The maximum atomic E-state index is 11.7. The molecule has 5 heteroatoms. The molecular formula is C12H24N2O2S. The molecule has 0 aliphatic carbocycles. The summed E-state index contributed by atoms with van der Waals surface area (Å²) in [5, 5.41) is 0. The standard InChI is InChI=1S/C12H24N2O2S/c1-13(12(15)10-17-3)8-11-4-5-14(9-11)6-7-16-2/h11H,4-10H2,1-3H3/t11-/m0/s1. The van der Waals surface area contributed by atoms with Crippen LogP contribution in [-0.4, -0.2) is 74.7 Å². The summed E-state index contributed by atoms with van der Waals surface area (Å²) >= 11 is 1.59. The van der Waals surface area contributed by atoms with Gasteiger partial charge in [-0.05, 0) is 25.1 Å². The molecule has 100 valence electrons. The SMILES string of the molecule is COCCN1CC[C@@H](CN(C)C(=O)CSC)C1. The van der Waals surface area contributed by atoms with E-state index < -0.39 is 0 Å². The molecule has 0 radical (unpaired) electrons. The van der Waals surface area contributed by atoms with Gasteiger partial charge in [-0.3, -0.25) is 4.79 Å². The van der Waals surface area contributed by atoms with Crippen LogP contribution < -0.4 is 0 Å². The van der Waals surface area contributed by atoms with Gasteiger partial charge in [-0.25, -0.2) is 0 Å². The van der Waals surface area contributed by atoms with Crippen molar-refractivity contribution >= 4 is 17.7 Å². The number of nitrogens with zero attached hydrogens (tertiary/aromatic N) is 2. The number of methoxy groups -OCH3 is 1. The average Bonchev–Trinajstić information content (AvgIpc) is 2.74. The minimum atomic E-state index is 0.243. The number of carbonyl (C=O) groups is 1. The minimum Gasteiger partial charge on any atom is -0.383 e. The zero-order valence-electron chi connectivity index (χ0n) is 11.1. The third kappa shape index (κ3) is 5.27. The van der Waals surface area contributed by atoms with Crippen LogP contribution >= 0.6 is 11.8 Å². The molecule has 1 fully saturated rings. The van der Waals surface area contributed by atoms with Gasteiger partial charge in [0.2, 0.25) is 5.91 Å². The van der Waals surface area contributed by atoms with E-state index in [1.165, 1.54) is 6.42 Å². The highest BCUT2D eigenvalue weighted by atomic mass is 32.2. The van der Waals surface area contributed by atoms with E-state index in [9.17, 15) is 4.79 Å². The maximum absolute atomic E-state index is 11.7. The van der Waals surface area contributed by atoms with Crippen LogP contribution in [0.25, 0.3) is 0 Å². The van der Waals surface area contributed by atoms with Gasteiger partial charge in [-0.2, -0.15) is 11.8 Å². The highest BCUT2D eigenvalue weighted by Gasteiger charge is 2.24. The normalized spacial score (nSPS) is 20.8. The Morgan fingerprint density at radius 1 is 1.59 bits per heavy atom. The molecular weight excluding hydrogens is 236 g/mol. The van der Waals surface area contributed by atoms with Gasteiger partial charge >= 0.3 is 0 Å². The Bertz CT molecular complexity index is 239. The third-order valence-corrected chi connectivity index (χ3v) is 3.74. The smallest absolute Gasteiger partial charge is 0.232 e. The van der Waals surface area contributed by atoms with Gasteiger partial charge < -0.3 is 14.5 Å². The van der Waals surface area contributed by atoms with Crippen molar-refractivity contribution in [2.75, 3.05) is 59.0 Å². The summed E-state index contributed by atoms with van der Waals surface area (Å²) in [5.41, 5.74) is 0. The summed E-state index contributed by atoms with van der Waals surface area (Å²) in [6.45, 7) is 4.94. The molecule has 1 aliphatic heterocycles. The summed E-state index contributed by atoms with van der Waals surface area (Å²) in [6.07, 6.45) is 3.16. The number of hydrogen-bond donors (Lipinski definition) is 0. The Hall–Kier alpha value is -0.260. The van der Waals surface area contributed by atoms with Gasteiger partial charge in [0, 0.05) is 33.8 Å². The molecule has 17 heavy (non-hydrogen) atoms. The van der Waals surface area contributed by atoms with Gasteiger partial charge in [-0.15, -0.1) is 0 Å². The van der Waals surface area contributed by atoms with Crippen LogP contribution in [-0.2, 0) is 9.53 Å². The number of hydrogen-bond acceptors (Lipinski definition) is 4. The molecule has 0 saturated carbocycles. The Morgan fingerprint density at radius 3 is 3.00 bits per heavy atom. The first-order valence-electron chi connectivity index (χ1n) is 6.11. The van der Waals surface area contributed by atoms with Crippen molar-refractivity contribution in [3.05, 3.63) is 0 Å². The van der Waals surface area contributed by atoms with Crippen molar-refractivity contribution in [2.45, 2.75) is 6.42 Å². The van der Waals surface area contributed by atoms with Gasteiger partial charge in [0.25, 0.3) is 0 Å². The van der Waals surface area contributed by atoms with Gasteiger partial charge in [0.15, 0.2) is 0 Å². The predicted octanol–water partition coefficient (Wildman–Crippen LogP) is 0.776. The molecule has 1 saturated heterocycles. The number of amides is 1. The number of rotatable bonds is 7. The molecule has 1 atom stereocenters. The summed E-state index contributed by atoms with van der Waals surface area (Å²) < 4.78 is 5.08. The van der Waals surface area contributed by atoms with Crippen LogP contribution in [0.5, 0.6) is 0 Å². The van der Waals surface area contributed by atoms with Crippen molar-refractivity contribution in [1.82, 2.24) is 9.80 Å². The second kappa shape index (κ2) is 7.95. The van der Waals surface area contributed by atoms with Crippen LogP contribution in [0.3, 0.4) is 0 Å². The second-order valence-corrected chi connectivity index (χ2v) is 5.52. The Kier molecular flexibility index (Phi) is 6.92. The van der Waals surface area contributed by atoms with Crippen molar-refractivity contribution in [3.8, 4) is 0 Å². The zero-order chi connectivity index (χ0) is 12.7. The van der Waals surface area contributed by atoms with E-state index in [1.54, 1.807) is 18.9 Å². The molecule has 0 aromatic carbocycles. The highest BCUT2D eigenvalue weighted by molar-refractivity contribution is 7.99. The predicted molar refractivity (Wildman–Crippen MR) is 72.4 cm³/mol. The van der Waals surface area contributed by atoms with E-state index in [2.05, 4.69) is 4.90 Å². The third-order valence-electron chi connectivity index (χ3n) is 3.21. The van der Waals surface area contributed by atoms with Crippen molar-refractivity contribution in [1.29, 1.82) is 0 Å². The minimum absolute atomic E-state index is 0.243. The second-order valence-electron chi connectivity index (χ2n) is 4.66. The van der Waals surface area contributed by atoms with Crippen LogP contribution in [0.2, 0.25) is 0 Å². The lowest BCUT2D eigenvalue weighted by Crippen LogP contribution is -2.34. The maximum Gasteiger partial charge on any atom is 0.232 e. The molecule has 1 amide bonds. The number of likely N-dealkylation sites (tertiary alicyclic amines) is 1. The Morgan fingerprint density at radius 2 is 2.35 bits per heavy atom. The average molecular weight is 260 g/mol. The topological polar surface area (TPSA) is 32.8 Å². The van der Waals surface area contributed by atoms with Crippen LogP contribution in [0.4, 0.5) is 0 Å². The quantitative estimate of drug-likeness (QED) is 0.677. The van der Waals surface area contributed by atoms with Crippen LogP contribution in [0.1, 0.15) is 6.42 Å². The lowest BCUT2D eigenvalue weighted by atomic mass is 10.1. The fraction of sp³-hybridized carbons (Fsp3) is 0.917. The summed E-state index contributed by atoms with van der Waals surface area (Å²) in [6, 6.07) is 0. The van der Waals surface area contributed by atoms with E-state index >= 15 is 0 Å².